The van der Waals surface area contributed by atoms with Crippen molar-refractivity contribution in [2.45, 2.75) is 20.3 Å². The van der Waals surface area contributed by atoms with Gasteiger partial charge in [-0.15, -0.1) is 6.58 Å². The summed E-state index contributed by atoms with van der Waals surface area (Å²) in [7, 11) is 0. The van der Waals surface area contributed by atoms with Gasteiger partial charge >= 0.3 is 0 Å². The van der Waals surface area contributed by atoms with Crippen molar-refractivity contribution in [2.24, 2.45) is 5.92 Å². The van der Waals surface area contributed by atoms with Crippen molar-refractivity contribution in [3.05, 3.63) is 12.7 Å². The van der Waals surface area contributed by atoms with Crippen LogP contribution >= 0.6 is 11.8 Å². The van der Waals surface area contributed by atoms with Crippen LogP contribution < -0.4 is 5.32 Å². The maximum atomic E-state index is 3.68. The standard InChI is InChI=1S/C10H21NS/c1-4-8-12-9-7-11-6-5-10(2)3/h4,10-11H,1,5-9H2,2-3H3. The smallest absolute Gasteiger partial charge is 0.0111 e. The molecule has 2 heteroatoms. The SMILES string of the molecule is C=CCSCCNCCC(C)C. The van der Waals surface area contributed by atoms with Gasteiger partial charge in [0.15, 0.2) is 0 Å². The number of rotatable bonds is 8. The molecular formula is C10H21NS. The first-order chi connectivity index (χ1) is 5.77. The molecule has 0 amide bonds. The second-order valence-electron chi connectivity index (χ2n) is 3.30. The summed E-state index contributed by atoms with van der Waals surface area (Å²) in [6, 6.07) is 0. The fraction of sp³-hybridized carbons (Fsp3) is 0.800. The van der Waals surface area contributed by atoms with Crippen LogP contribution in [-0.2, 0) is 0 Å². The van der Waals surface area contributed by atoms with Gasteiger partial charge in [-0.3, -0.25) is 0 Å². The molecule has 1 N–H and O–H groups in total. The highest BCUT2D eigenvalue weighted by molar-refractivity contribution is 7.99. The zero-order chi connectivity index (χ0) is 9.23. The van der Waals surface area contributed by atoms with E-state index in [1.54, 1.807) is 0 Å². The van der Waals surface area contributed by atoms with Crippen molar-refractivity contribution in [3.8, 4) is 0 Å². The van der Waals surface area contributed by atoms with E-state index in [1.165, 1.54) is 12.2 Å². The van der Waals surface area contributed by atoms with Gasteiger partial charge < -0.3 is 5.32 Å². The minimum Gasteiger partial charge on any atom is -0.316 e. The van der Waals surface area contributed by atoms with Gasteiger partial charge in [-0.1, -0.05) is 19.9 Å². The molecule has 0 aliphatic heterocycles. The van der Waals surface area contributed by atoms with Crippen molar-refractivity contribution in [2.75, 3.05) is 24.6 Å². The van der Waals surface area contributed by atoms with E-state index < -0.39 is 0 Å². The Hall–Kier alpha value is 0.0500. The summed E-state index contributed by atoms with van der Waals surface area (Å²) in [6.07, 6.45) is 3.24. The molecule has 0 fully saturated rings. The van der Waals surface area contributed by atoms with Gasteiger partial charge in [0, 0.05) is 18.1 Å². The minimum atomic E-state index is 0.818. The Morgan fingerprint density at radius 2 is 2.17 bits per heavy atom. The quantitative estimate of drug-likeness (QED) is 0.463. The summed E-state index contributed by atoms with van der Waals surface area (Å²) < 4.78 is 0. The van der Waals surface area contributed by atoms with E-state index in [0.717, 1.165) is 24.8 Å². The molecule has 0 bridgehead atoms. The molecule has 1 nitrogen and oxygen atoms in total. The molecule has 12 heavy (non-hydrogen) atoms. The Morgan fingerprint density at radius 1 is 1.42 bits per heavy atom. The molecule has 0 saturated heterocycles. The molecule has 0 aromatic carbocycles. The van der Waals surface area contributed by atoms with E-state index in [1.807, 2.05) is 17.8 Å². The van der Waals surface area contributed by atoms with E-state index in [-0.39, 0.29) is 0 Å². The third kappa shape index (κ3) is 10.0. The topological polar surface area (TPSA) is 12.0 Å². The molecule has 0 aliphatic carbocycles. The Kier molecular flexibility index (Phi) is 9.18. The first-order valence-electron chi connectivity index (χ1n) is 4.66. The molecule has 0 aromatic rings. The van der Waals surface area contributed by atoms with Gasteiger partial charge in [-0.05, 0) is 18.9 Å². The van der Waals surface area contributed by atoms with Crippen LogP contribution in [0.1, 0.15) is 20.3 Å². The average Bonchev–Trinajstić information content (AvgIpc) is 2.02. The number of thioether (sulfide) groups is 1. The van der Waals surface area contributed by atoms with E-state index >= 15 is 0 Å². The molecule has 0 unspecified atom stereocenters. The first kappa shape index (κ1) is 12.0. The van der Waals surface area contributed by atoms with Crippen molar-refractivity contribution >= 4 is 11.8 Å². The van der Waals surface area contributed by atoms with E-state index in [0.29, 0.717) is 0 Å². The molecule has 0 aliphatic rings. The van der Waals surface area contributed by atoms with Crippen LogP contribution in [0, 0.1) is 5.92 Å². The third-order valence-corrected chi connectivity index (χ3v) is 2.52. The maximum Gasteiger partial charge on any atom is 0.0111 e. The first-order valence-corrected chi connectivity index (χ1v) is 5.82. The van der Waals surface area contributed by atoms with Gasteiger partial charge in [-0.2, -0.15) is 11.8 Å². The molecule has 0 heterocycles. The van der Waals surface area contributed by atoms with Gasteiger partial charge in [0.05, 0.1) is 0 Å². The highest BCUT2D eigenvalue weighted by Gasteiger charge is 1.92. The van der Waals surface area contributed by atoms with Gasteiger partial charge in [-0.25, -0.2) is 0 Å². The fourth-order valence-corrected chi connectivity index (χ4v) is 1.45. The minimum absolute atomic E-state index is 0.818. The second-order valence-corrected chi connectivity index (χ2v) is 4.45. The molecule has 0 rings (SSSR count). The van der Waals surface area contributed by atoms with Gasteiger partial charge in [0.1, 0.15) is 0 Å². The van der Waals surface area contributed by atoms with Crippen LogP contribution in [0.3, 0.4) is 0 Å². The fourth-order valence-electron chi connectivity index (χ4n) is 0.827. The van der Waals surface area contributed by atoms with Crippen LogP contribution in [0.15, 0.2) is 12.7 Å². The molecule has 0 radical (unpaired) electrons. The zero-order valence-electron chi connectivity index (χ0n) is 8.31. The lowest BCUT2D eigenvalue weighted by atomic mass is 10.1. The van der Waals surface area contributed by atoms with Gasteiger partial charge in [0.2, 0.25) is 0 Å². The van der Waals surface area contributed by atoms with E-state index in [4.69, 9.17) is 0 Å². The molecule has 0 saturated carbocycles. The van der Waals surface area contributed by atoms with Crippen molar-refractivity contribution in [3.63, 3.8) is 0 Å². The van der Waals surface area contributed by atoms with Crippen LogP contribution in [0.25, 0.3) is 0 Å². The van der Waals surface area contributed by atoms with Gasteiger partial charge in [0.25, 0.3) is 0 Å². The summed E-state index contributed by atoms with van der Waals surface area (Å²) >= 11 is 1.93. The molecule has 0 atom stereocenters. The largest absolute Gasteiger partial charge is 0.316 e. The summed E-state index contributed by atoms with van der Waals surface area (Å²) in [5, 5.41) is 3.42. The zero-order valence-corrected chi connectivity index (χ0v) is 9.12. The highest BCUT2D eigenvalue weighted by Crippen LogP contribution is 1.98. The molecular weight excluding hydrogens is 166 g/mol. The van der Waals surface area contributed by atoms with Crippen LogP contribution in [0.2, 0.25) is 0 Å². The Morgan fingerprint density at radius 3 is 2.75 bits per heavy atom. The third-order valence-electron chi connectivity index (χ3n) is 1.56. The Labute approximate surface area is 81.0 Å². The number of hydrogen-bond donors (Lipinski definition) is 1. The van der Waals surface area contributed by atoms with Crippen LogP contribution in [0.4, 0.5) is 0 Å². The summed E-state index contributed by atoms with van der Waals surface area (Å²) in [6.45, 7) is 10.5. The van der Waals surface area contributed by atoms with Crippen LogP contribution in [-0.4, -0.2) is 24.6 Å². The predicted molar refractivity (Wildman–Crippen MR) is 59.8 cm³/mol. The van der Waals surface area contributed by atoms with Crippen LogP contribution in [0.5, 0.6) is 0 Å². The predicted octanol–water partition coefficient (Wildman–Crippen LogP) is 2.54. The lowest BCUT2D eigenvalue weighted by Crippen LogP contribution is -2.19. The monoisotopic (exact) mass is 187 g/mol. The number of nitrogens with one attached hydrogen (secondary N) is 1. The van der Waals surface area contributed by atoms with Crippen molar-refractivity contribution in [1.29, 1.82) is 0 Å². The second kappa shape index (κ2) is 9.14. The summed E-state index contributed by atoms with van der Waals surface area (Å²) in [5.41, 5.74) is 0. The van der Waals surface area contributed by atoms with E-state index in [2.05, 4.69) is 25.7 Å². The normalized spacial score (nSPS) is 10.6. The molecule has 72 valence electrons. The Balaban J connectivity index is 2.86. The molecule has 0 aromatic heterocycles. The maximum absolute atomic E-state index is 3.68. The lowest BCUT2D eigenvalue weighted by Gasteiger charge is -2.05. The average molecular weight is 187 g/mol. The Bertz CT molecular complexity index is 102. The van der Waals surface area contributed by atoms with Crippen molar-refractivity contribution in [1.82, 2.24) is 5.32 Å². The highest BCUT2D eigenvalue weighted by atomic mass is 32.2. The summed E-state index contributed by atoms with van der Waals surface area (Å²) in [4.78, 5) is 0. The summed E-state index contributed by atoms with van der Waals surface area (Å²) in [5.74, 6) is 3.09. The number of hydrogen-bond acceptors (Lipinski definition) is 2. The van der Waals surface area contributed by atoms with Crippen molar-refractivity contribution < 1.29 is 0 Å². The molecule has 0 spiro atoms. The lowest BCUT2D eigenvalue weighted by molar-refractivity contribution is 0.547. The van der Waals surface area contributed by atoms with E-state index in [9.17, 15) is 0 Å².